The number of alkyl halides is 3. The molecule has 4 heterocycles. The van der Waals surface area contributed by atoms with Gasteiger partial charge in [0.2, 0.25) is 11.7 Å². The predicted octanol–water partition coefficient (Wildman–Crippen LogP) is 4.35. The molecule has 3 aromatic heterocycles. The molecule has 19 heteroatoms. The number of carbonyl (C=O) groups excluding carboxylic acids is 2. The van der Waals surface area contributed by atoms with Crippen molar-refractivity contribution in [2.45, 2.75) is 52.3 Å². The lowest BCUT2D eigenvalue weighted by molar-refractivity contribution is -0.137. The van der Waals surface area contributed by atoms with Gasteiger partial charge < -0.3 is 29.6 Å². The van der Waals surface area contributed by atoms with Gasteiger partial charge in [-0.05, 0) is 68.2 Å². The maximum absolute atomic E-state index is 14.4. The number of aromatic nitrogens is 6. The van der Waals surface area contributed by atoms with Crippen LogP contribution < -0.4 is 15.8 Å². The van der Waals surface area contributed by atoms with E-state index in [9.17, 15) is 32.7 Å². The monoisotopic (exact) mass is 768 g/mol. The van der Waals surface area contributed by atoms with Crippen LogP contribution in [-0.2, 0) is 28.8 Å². The topological polar surface area (TPSA) is 172 Å². The Labute approximate surface area is 311 Å². The predicted molar refractivity (Wildman–Crippen MR) is 192 cm³/mol. The second-order valence-corrected chi connectivity index (χ2v) is 13.8. The summed E-state index contributed by atoms with van der Waals surface area (Å²) in [6.45, 7) is 3.88. The van der Waals surface area contributed by atoms with E-state index in [1.165, 1.54) is 22.9 Å². The van der Waals surface area contributed by atoms with Gasteiger partial charge in [0, 0.05) is 26.2 Å². The highest BCUT2D eigenvalue weighted by Gasteiger charge is 2.38. The first kappa shape index (κ1) is 36.8. The van der Waals surface area contributed by atoms with Crippen molar-refractivity contribution in [3.63, 3.8) is 0 Å². The number of oxime groups is 1. The third-order valence-electron chi connectivity index (χ3n) is 10.1. The van der Waals surface area contributed by atoms with Crippen LogP contribution in [0.25, 0.3) is 11.4 Å². The molecule has 0 bridgehead atoms. The summed E-state index contributed by atoms with van der Waals surface area (Å²) in [5.74, 6) is -0.430. The van der Waals surface area contributed by atoms with Crippen molar-refractivity contribution in [3.05, 3.63) is 74.4 Å². The average molecular weight is 769 g/mol. The fraction of sp³-hybridized carbons (Fsp3) is 0.429. The van der Waals surface area contributed by atoms with Crippen molar-refractivity contribution in [1.29, 1.82) is 0 Å². The molecule has 2 fully saturated rings. The van der Waals surface area contributed by atoms with Gasteiger partial charge in [-0.2, -0.15) is 22.7 Å². The highest BCUT2D eigenvalue weighted by atomic mass is 35.5. The Morgan fingerprint density at radius 3 is 2.56 bits per heavy atom. The fourth-order valence-corrected chi connectivity index (χ4v) is 7.70. The Kier molecular flexibility index (Phi) is 9.80. The van der Waals surface area contributed by atoms with Crippen molar-refractivity contribution in [2.75, 3.05) is 43.5 Å². The van der Waals surface area contributed by atoms with Gasteiger partial charge in [0.05, 0.1) is 33.4 Å². The molecule has 7 rings (SSSR count). The first-order valence-corrected chi connectivity index (χ1v) is 17.7. The quantitative estimate of drug-likeness (QED) is 0.246. The Hall–Kier alpha value is -5.52. The molecule has 284 valence electrons. The number of amides is 2. The molecule has 15 nitrogen and oxygen atoms in total. The van der Waals surface area contributed by atoms with E-state index < -0.39 is 29.1 Å². The molecule has 2 unspecified atom stereocenters. The van der Waals surface area contributed by atoms with Crippen LogP contribution in [0.5, 0.6) is 5.75 Å². The number of aromatic hydroxyl groups is 1. The Bertz CT molecular complexity index is 2280. The largest absolute Gasteiger partial charge is 0.504 e. The van der Waals surface area contributed by atoms with E-state index in [1.54, 1.807) is 11.5 Å². The molecule has 0 radical (unpaired) electrons. The summed E-state index contributed by atoms with van der Waals surface area (Å²) >= 11 is 6.15. The number of halogens is 4. The van der Waals surface area contributed by atoms with Gasteiger partial charge in [0.15, 0.2) is 17.3 Å². The summed E-state index contributed by atoms with van der Waals surface area (Å²) in [4.78, 5) is 62.3. The average Bonchev–Trinajstić information content (AvgIpc) is 3.85. The van der Waals surface area contributed by atoms with E-state index in [1.807, 2.05) is 11.8 Å². The van der Waals surface area contributed by atoms with Crippen LogP contribution in [0.15, 0.2) is 40.6 Å². The maximum atomic E-state index is 14.4. The third-order valence-corrected chi connectivity index (χ3v) is 10.4. The first-order chi connectivity index (χ1) is 25.8. The summed E-state index contributed by atoms with van der Waals surface area (Å²) in [5.41, 5.74) is 1.31. The van der Waals surface area contributed by atoms with E-state index in [-0.39, 0.29) is 83.9 Å². The second-order valence-electron chi connectivity index (χ2n) is 13.4. The molecule has 2 atom stereocenters. The second kappa shape index (κ2) is 14.4. The Morgan fingerprint density at radius 2 is 1.89 bits per heavy atom. The van der Waals surface area contributed by atoms with Crippen LogP contribution >= 0.6 is 11.6 Å². The molecule has 2 amide bonds. The van der Waals surface area contributed by atoms with Crippen LogP contribution in [0.4, 0.5) is 24.5 Å². The lowest BCUT2D eigenvalue weighted by Gasteiger charge is -2.36. The summed E-state index contributed by atoms with van der Waals surface area (Å²) in [6.07, 6.45) is 1.15. The number of rotatable bonds is 8. The lowest BCUT2D eigenvalue weighted by atomic mass is 10.00. The number of aryl methyl sites for hydroxylation is 1. The number of benzene rings is 1. The number of carbonyl (C=O) groups is 2. The molecule has 4 aromatic rings. The zero-order valence-corrected chi connectivity index (χ0v) is 30.3. The number of fused-ring (bicyclic) bond motifs is 2. The molecule has 0 spiro atoms. The van der Waals surface area contributed by atoms with Crippen LogP contribution in [0, 0.1) is 18.8 Å². The fourth-order valence-electron chi connectivity index (χ4n) is 7.47. The van der Waals surface area contributed by atoms with Crippen LogP contribution in [-0.4, -0.2) is 90.0 Å². The molecule has 2 aliphatic carbocycles. The Balaban J connectivity index is 1.23. The highest BCUT2D eigenvalue weighted by Crippen LogP contribution is 2.44. The minimum atomic E-state index is -4.62. The van der Waals surface area contributed by atoms with E-state index in [0.29, 0.717) is 24.4 Å². The number of nitrogens with one attached hydrogen (secondary N) is 1. The molecule has 54 heavy (non-hydrogen) atoms. The van der Waals surface area contributed by atoms with Crippen LogP contribution in [0.3, 0.4) is 0 Å². The van der Waals surface area contributed by atoms with Crippen molar-refractivity contribution < 1.29 is 32.7 Å². The summed E-state index contributed by atoms with van der Waals surface area (Å²) in [5, 5.41) is 21.5. The molecule has 1 saturated heterocycles. The number of hydrogen-bond acceptors (Lipinski definition) is 11. The third kappa shape index (κ3) is 6.85. The molecule has 1 aliphatic heterocycles. The van der Waals surface area contributed by atoms with Gasteiger partial charge >= 0.3 is 6.18 Å². The zero-order chi connectivity index (χ0) is 38.5. The maximum Gasteiger partial charge on any atom is 0.416 e. The SMILES string of the molecule is CCc1c(N2CCN(C(=O)c3ncnc(C)c3O)CC2)c(=O)n2nc(C3=CC4C/C(=N/OC)CC4C3)nc2n1CC(=O)Nc1ccc(C(F)(F)F)cc1Cl. The Morgan fingerprint density at radius 1 is 1.13 bits per heavy atom. The minimum absolute atomic E-state index is 0.0168. The number of allylic oxidation sites excluding steroid dienone is 2. The van der Waals surface area contributed by atoms with E-state index in [0.717, 1.165) is 42.3 Å². The number of hydrogen-bond donors (Lipinski definition) is 2. The van der Waals surface area contributed by atoms with Gasteiger partial charge in [-0.1, -0.05) is 29.8 Å². The molecule has 2 N–H and O–H groups in total. The first-order valence-electron chi connectivity index (χ1n) is 17.3. The molecular formula is C35H36ClF3N10O5. The van der Waals surface area contributed by atoms with Crippen LogP contribution in [0.2, 0.25) is 5.02 Å². The highest BCUT2D eigenvalue weighted by molar-refractivity contribution is 6.33. The number of anilines is 2. The van der Waals surface area contributed by atoms with Crippen molar-refractivity contribution in [2.24, 2.45) is 17.0 Å². The van der Waals surface area contributed by atoms with Crippen molar-refractivity contribution in [1.82, 2.24) is 34.0 Å². The number of nitrogens with zero attached hydrogens (tertiary/aromatic N) is 9. The van der Waals surface area contributed by atoms with Crippen molar-refractivity contribution >= 4 is 51.9 Å². The van der Waals surface area contributed by atoms with Gasteiger partial charge in [-0.3, -0.25) is 14.4 Å². The van der Waals surface area contributed by atoms with Crippen molar-refractivity contribution in [3.8, 4) is 5.75 Å². The molecular weight excluding hydrogens is 733 g/mol. The molecule has 1 aromatic carbocycles. The van der Waals surface area contributed by atoms with Gasteiger partial charge in [0.25, 0.3) is 11.5 Å². The van der Waals surface area contributed by atoms with Crippen LogP contribution in [0.1, 0.15) is 59.5 Å². The standard InChI is InChI=1S/C35H36ClF3N10O5/c1-4-26-29(46-7-9-47(10-8-46)32(52)28-30(51)18(2)40-17-41-28)33(53)49-34(43-31(44-49)21-11-19-13-23(45-54-3)14-20(19)12-21)48(26)16-27(50)42-25-6-5-22(15-24(25)36)35(37,38)39/h5-6,11,15,17,19-20,51H,4,7-10,12-14,16H2,1-3H3,(H,42,50)/b45-23-. The number of piperazine rings is 1. The molecule has 1 saturated carbocycles. The summed E-state index contributed by atoms with van der Waals surface area (Å²) in [6, 6.07) is 2.65. The molecule has 3 aliphatic rings. The smallest absolute Gasteiger partial charge is 0.416 e. The van der Waals surface area contributed by atoms with Gasteiger partial charge in [0.1, 0.15) is 25.7 Å². The van der Waals surface area contributed by atoms with E-state index in [4.69, 9.17) is 21.4 Å². The minimum Gasteiger partial charge on any atom is -0.504 e. The lowest BCUT2D eigenvalue weighted by Crippen LogP contribution is -2.51. The summed E-state index contributed by atoms with van der Waals surface area (Å²) in [7, 11) is 1.52. The van der Waals surface area contributed by atoms with E-state index in [2.05, 4.69) is 31.6 Å². The van der Waals surface area contributed by atoms with Gasteiger partial charge in [-0.15, -0.1) is 5.10 Å². The summed E-state index contributed by atoms with van der Waals surface area (Å²) < 4.78 is 42.5. The zero-order valence-electron chi connectivity index (χ0n) is 29.5. The normalized spacial score (nSPS) is 19.4. The van der Waals surface area contributed by atoms with E-state index >= 15 is 0 Å². The van der Waals surface area contributed by atoms with Gasteiger partial charge in [-0.25, -0.2) is 9.97 Å².